The van der Waals surface area contributed by atoms with Crippen LogP contribution in [0.15, 0.2) is 15.9 Å². The summed E-state index contributed by atoms with van der Waals surface area (Å²) in [4.78, 5) is 1.36. The summed E-state index contributed by atoms with van der Waals surface area (Å²) in [7, 11) is 0. The van der Waals surface area contributed by atoms with Gasteiger partial charge in [0.1, 0.15) is 0 Å². The first kappa shape index (κ1) is 14.5. The molecule has 4 heteroatoms. The Morgan fingerprint density at radius 2 is 2.33 bits per heavy atom. The Morgan fingerprint density at radius 1 is 1.50 bits per heavy atom. The fourth-order valence-electron chi connectivity index (χ4n) is 2.41. The number of thiophene rings is 1. The maximum Gasteiger partial charge on any atom is 0.0957 e. The monoisotopic (exact) mass is 331 g/mol. The Bertz CT molecular complexity index is 366. The highest BCUT2D eigenvalue weighted by atomic mass is 79.9. The van der Waals surface area contributed by atoms with Crippen LogP contribution in [0.3, 0.4) is 0 Å². The van der Waals surface area contributed by atoms with E-state index in [2.05, 4.69) is 47.2 Å². The molecular formula is C14H22BrNOS. The summed E-state index contributed by atoms with van der Waals surface area (Å²) in [6.07, 6.45) is 2.75. The first-order valence-corrected chi connectivity index (χ1v) is 8.35. The third-order valence-electron chi connectivity index (χ3n) is 3.28. The number of ether oxygens (including phenoxy) is 1. The molecule has 2 unspecified atom stereocenters. The minimum atomic E-state index is 0.287. The second-order valence-electron chi connectivity index (χ2n) is 5.39. The van der Waals surface area contributed by atoms with E-state index in [1.807, 2.05) is 0 Å². The number of rotatable bonds is 5. The molecule has 0 amide bonds. The van der Waals surface area contributed by atoms with Gasteiger partial charge in [0.05, 0.1) is 9.89 Å². The van der Waals surface area contributed by atoms with Gasteiger partial charge in [-0.15, -0.1) is 11.3 Å². The van der Waals surface area contributed by atoms with Gasteiger partial charge >= 0.3 is 0 Å². The van der Waals surface area contributed by atoms with Crippen LogP contribution >= 0.6 is 27.3 Å². The normalized spacial score (nSPS) is 24.7. The first-order valence-electron chi connectivity index (χ1n) is 6.74. The SMILES string of the molecule is CC(C)CNCC1CCCOC1c1ccc(Br)s1. The first-order chi connectivity index (χ1) is 8.66. The van der Waals surface area contributed by atoms with Crippen LogP contribution in [0.1, 0.15) is 37.7 Å². The molecule has 2 atom stereocenters. The van der Waals surface area contributed by atoms with Crippen molar-refractivity contribution >= 4 is 27.3 Å². The van der Waals surface area contributed by atoms with Crippen molar-refractivity contribution in [3.8, 4) is 0 Å². The topological polar surface area (TPSA) is 21.3 Å². The van der Waals surface area contributed by atoms with Crippen molar-refractivity contribution < 1.29 is 4.74 Å². The Hall–Kier alpha value is 0.1000. The number of halogens is 1. The Kier molecular flexibility index (Phi) is 5.67. The highest BCUT2D eigenvalue weighted by Crippen LogP contribution is 2.38. The van der Waals surface area contributed by atoms with Gasteiger partial charge < -0.3 is 10.1 Å². The molecule has 102 valence electrons. The summed E-state index contributed by atoms with van der Waals surface area (Å²) in [5.41, 5.74) is 0. The van der Waals surface area contributed by atoms with E-state index in [1.54, 1.807) is 11.3 Å². The highest BCUT2D eigenvalue weighted by Gasteiger charge is 2.28. The second-order valence-corrected chi connectivity index (χ2v) is 7.88. The van der Waals surface area contributed by atoms with Crippen LogP contribution in [0, 0.1) is 11.8 Å². The van der Waals surface area contributed by atoms with E-state index in [0.717, 1.165) is 19.7 Å². The van der Waals surface area contributed by atoms with Gasteiger partial charge in [-0.2, -0.15) is 0 Å². The van der Waals surface area contributed by atoms with Crippen molar-refractivity contribution in [2.75, 3.05) is 19.7 Å². The molecule has 2 heterocycles. The van der Waals surface area contributed by atoms with E-state index in [4.69, 9.17) is 4.74 Å². The third kappa shape index (κ3) is 4.05. The van der Waals surface area contributed by atoms with Crippen molar-refractivity contribution in [3.05, 3.63) is 20.8 Å². The molecule has 0 saturated carbocycles. The molecule has 0 aliphatic carbocycles. The molecule has 0 aromatic carbocycles. The summed E-state index contributed by atoms with van der Waals surface area (Å²) in [6.45, 7) is 7.56. The molecule has 18 heavy (non-hydrogen) atoms. The molecule has 2 nitrogen and oxygen atoms in total. The van der Waals surface area contributed by atoms with Gasteiger partial charge in [0, 0.05) is 23.9 Å². The van der Waals surface area contributed by atoms with Crippen LogP contribution < -0.4 is 5.32 Å². The lowest BCUT2D eigenvalue weighted by atomic mass is 9.93. The van der Waals surface area contributed by atoms with Crippen LogP contribution in [0.5, 0.6) is 0 Å². The smallest absolute Gasteiger partial charge is 0.0957 e. The minimum Gasteiger partial charge on any atom is -0.372 e. The summed E-state index contributed by atoms with van der Waals surface area (Å²) < 4.78 is 7.19. The maximum atomic E-state index is 6.00. The molecule has 1 aromatic rings. The van der Waals surface area contributed by atoms with Crippen LogP contribution in [0.4, 0.5) is 0 Å². The average molecular weight is 332 g/mol. The lowest BCUT2D eigenvalue weighted by molar-refractivity contribution is -0.0257. The third-order valence-corrected chi connectivity index (χ3v) is 4.96. The van der Waals surface area contributed by atoms with Crippen molar-refractivity contribution in [1.29, 1.82) is 0 Å². The average Bonchev–Trinajstić information content (AvgIpc) is 2.76. The van der Waals surface area contributed by atoms with Crippen LogP contribution in [-0.2, 0) is 4.74 Å². The largest absolute Gasteiger partial charge is 0.372 e. The van der Waals surface area contributed by atoms with Crippen molar-refractivity contribution in [3.63, 3.8) is 0 Å². The molecule has 0 bridgehead atoms. The molecule has 1 aliphatic heterocycles. The summed E-state index contributed by atoms with van der Waals surface area (Å²) >= 11 is 5.34. The zero-order chi connectivity index (χ0) is 13.0. The van der Waals surface area contributed by atoms with Crippen molar-refractivity contribution in [1.82, 2.24) is 5.32 Å². The molecule has 0 radical (unpaired) electrons. The highest BCUT2D eigenvalue weighted by molar-refractivity contribution is 9.11. The van der Waals surface area contributed by atoms with Crippen molar-refractivity contribution in [2.24, 2.45) is 11.8 Å². The molecule has 0 spiro atoms. The Balaban J connectivity index is 1.93. The Morgan fingerprint density at radius 3 is 3.00 bits per heavy atom. The summed E-state index contributed by atoms with van der Waals surface area (Å²) in [5, 5.41) is 3.57. The quantitative estimate of drug-likeness (QED) is 0.871. The van der Waals surface area contributed by atoms with Crippen molar-refractivity contribution in [2.45, 2.75) is 32.8 Å². The van der Waals surface area contributed by atoms with Crippen LogP contribution in [-0.4, -0.2) is 19.7 Å². The van der Waals surface area contributed by atoms with Crippen LogP contribution in [0.25, 0.3) is 0 Å². The molecule has 1 aromatic heterocycles. The van der Waals surface area contributed by atoms with Gasteiger partial charge in [0.15, 0.2) is 0 Å². The lowest BCUT2D eigenvalue weighted by Crippen LogP contribution is -2.33. The molecule has 1 fully saturated rings. The summed E-state index contributed by atoms with van der Waals surface area (Å²) in [6, 6.07) is 4.32. The van der Waals surface area contributed by atoms with Gasteiger partial charge in [-0.1, -0.05) is 13.8 Å². The van der Waals surface area contributed by atoms with E-state index < -0.39 is 0 Å². The van der Waals surface area contributed by atoms with Gasteiger partial charge in [0.2, 0.25) is 0 Å². The number of hydrogen-bond donors (Lipinski definition) is 1. The zero-order valence-corrected chi connectivity index (χ0v) is 13.5. The standard InChI is InChI=1S/C14H22BrNOS/c1-10(2)8-16-9-11-4-3-7-17-14(11)12-5-6-13(15)18-12/h5-6,10-11,14,16H,3-4,7-9H2,1-2H3. The zero-order valence-electron chi connectivity index (χ0n) is 11.1. The predicted octanol–water partition coefficient (Wildman–Crippen LogP) is 4.22. The van der Waals surface area contributed by atoms with Gasteiger partial charge in [-0.25, -0.2) is 0 Å². The van der Waals surface area contributed by atoms with Gasteiger partial charge in [0.25, 0.3) is 0 Å². The van der Waals surface area contributed by atoms with Gasteiger partial charge in [-0.3, -0.25) is 0 Å². The van der Waals surface area contributed by atoms with E-state index in [9.17, 15) is 0 Å². The molecule has 1 N–H and O–H groups in total. The lowest BCUT2D eigenvalue weighted by Gasteiger charge is -2.31. The summed E-state index contributed by atoms with van der Waals surface area (Å²) in [5.74, 6) is 1.33. The van der Waals surface area contributed by atoms with E-state index in [1.165, 1.54) is 21.5 Å². The number of hydrogen-bond acceptors (Lipinski definition) is 3. The second kappa shape index (κ2) is 7.04. The van der Waals surface area contributed by atoms with Gasteiger partial charge in [-0.05, 0) is 53.4 Å². The van der Waals surface area contributed by atoms with E-state index in [-0.39, 0.29) is 6.10 Å². The van der Waals surface area contributed by atoms with E-state index in [0.29, 0.717) is 11.8 Å². The molecule has 2 rings (SSSR count). The maximum absolute atomic E-state index is 6.00. The van der Waals surface area contributed by atoms with Crippen LogP contribution in [0.2, 0.25) is 0 Å². The molecule has 1 saturated heterocycles. The predicted molar refractivity (Wildman–Crippen MR) is 81.1 cm³/mol. The number of nitrogens with one attached hydrogen (secondary N) is 1. The Labute approximate surface area is 122 Å². The van der Waals surface area contributed by atoms with E-state index >= 15 is 0 Å². The fraction of sp³-hybridized carbons (Fsp3) is 0.714. The fourth-order valence-corrected chi connectivity index (χ4v) is 3.97. The minimum absolute atomic E-state index is 0.287. The molecule has 1 aliphatic rings. The molecular weight excluding hydrogens is 310 g/mol.